The Morgan fingerprint density at radius 3 is 2.68 bits per heavy atom. The number of benzene rings is 2. The van der Waals surface area contributed by atoms with Gasteiger partial charge in [0.1, 0.15) is 6.61 Å². The van der Waals surface area contributed by atoms with Crippen LogP contribution in [0.4, 0.5) is 5.69 Å². The van der Waals surface area contributed by atoms with Crippen molar-refractivity contribution in [2.24, 2.45) is 4.99 Å². The van der Waals surface area contributed by atoms with Crippen molar-refractivity contribution in [3.05, 3.63) is 78.0 Å². The summed E-state index contributed by atoms with van der Waals surface area (Å²) in [6.45, 7) is 2.39. The molecule has 0 spiro atoms. The van der Waals surface area contributed by atoms with Crippen LogP contribution in [0, 0.1) is 0 Å². The highest BCUT2D eigenvalue weighted by atomic mass is 16.5. The maximum Gasteiger partial charge on any atom is 0.213 e. The number of fused-ring (bicyclic) bond motifs is 1. The molecule has 160 valence electrons. The van der Waals surface area contributed by atoms with Gasteiger partial charge in [0.05, 0.1) is 13.2 Å². The van der Waals surface area contributed by atoms with E-state index in [-0.39, 0.29) is 0 Å². The van der Waals surface area contributed by atoms with Crippen molar-refractivity contribution in [2.75, 3.05) is 25.6 Å². The van der Waals surface area contributed by atoms with Gasteiger partial charge >= 0.3 is 0 Å². The normalized spacial score (nSPS) is 13.3. The summed E-state index contributed by atoms with van der Waals surface area (Å²) in [5.74, 6) is 2.75. The second-order valence-corrected chi connectivity index (χ2v) is 7.04. The second kappa shape index (κ2) is 10.3. The molecule has 0 bridgehead atoms. The minimum atomic E-state index is 0.484. The lowest BCUT2D eigenvalue weighted by molar-refractivity contribution is 0.293. The van der Waals surface area contributed by atoms with Gasteiger partial charge in [-0.2, -0.15) is 0 Å². The Bertz CT molecular complexity index is 1020. The van der Waals surface area contributed by atoms with Crippen LogP contribution in [-0.2, 0) is 13.2 Å². The Morgan fingerprint density at radius 1 is 1.00 bits per heavy atom. The number of nitrogens with one attached hydrogen (secondary N) is 2. The molecule has 0 radical (unpaired) electrons. The van der Waals surface area contributed by atoms with E-state index in [9.17, 15) is 0 Å². The van der Waals surface area contributed by atoms with Crippen molar-refractivity contribution >= 4 is 11.6 Å². The van der Waals surface area contributed by atoms with E-state index < -0.39 is 0 Å². The van der Waals surface area contributed by atoms with Crippen molar-refractivity contribution in [3.8, 4) is 17.4 Å². The first-order valence-corrected chi connectivity index (χ1v) is 10.3. The molecule has 1 aromatic heterocycles. The maximum absolute atomic E-state index is 5.81. The number of anilines is 1. The molecule has 2 heterocycles. The Morgan fingerprint density at radius 2 is 1.84 bits per heavy atom. The first-order valence-electron chi connectivity index (χ1n) is 10.3. The molecule has 1 aliphatic heterocycles. The average Bonchev–Trinajstić information content (AvgIpc) is 3.06. The summed E-state index contributed by atoms with van der Waals surface area (Å²) in [4.78, 5) is 8.60. The van der Waals surface area contributed by atoms with Crippen LogP contribution >= 0.6 is 0 Å². The quantitative estimate of drug-likeness (QED) is 0.465. The molecule has 0 atom stereocenters. The fraction of sp³-hybridized carbons (Fsp3) is 0.250. The van der Waals surface area contributed by atoms with E-state index in [0.29, 0.717) is 38.2 Å². The van der Waals surface area contributed by atoms with Crippen LogP contribution in [0.3, 0.4) is 0 Å². The summed E-state index contributed by atoms with van der Waals surface area (Å²) in [6.07, 6.45) is 2.63. The van der Waals surface area contributed by atoms with Crippen molar-refractivity contribution in [3.63, 3.8) is 0 Å². The zero-order chi connectivity index (χ0) is 21.3. The number of nitrogens with zero attached hydrogens (tertiary/aromatic N) is 2. The molecule has 0 amide bonds. The van der Waals surface area contributed by atoms with E-state index in [0.717, 1.165) is 34.7 Å². The van der Waals surface area contributed by atoms with Crippen LogP contribution in [-0.4, -0.2) is 31.2 Å². The summed E-state index contributed by atoms with van der Waals surface area (Å²) in [6, 6.07) is 19.7. The second-order valence-electron chi connectivity index (χ2n) is 7.04. The van der Waals surface area contributed by atoms with Crippen LogP contribution in [0.5, 0.6) is 17.4 Å². The van der Waals surface area contributed by atoms with E-state index >= 15 is 0 Å². The predicted molar refractivity (Wildman–Crippen MR) is 121 cm³/mol. The summed E-state index contributed by atoms with van der Waals surface area (Å²) in [7, 11) is 1.74. The first-order chi connectivity index (χ1) is 15.3. The zero-order valence-electron chi connectivity index (χ0n) is 17.5. The van der Waals surface area contributed by atoms with Gasteiger partial charge in [-0.3, -0.25) is 4.99 Å². The summed E-state index contributed by atoms with van der Waals surface area (Å²) < 4.78 is 17.3. The van der Waals surface area contributed by atoms with Crippen LogP contribution in [0.15, 0.2) is 71.9 Å². The van der Waals surface area contributed by atoms with Crippen LogP contribution in [0.2, 0.25) is 0 Å². The molecule has 0 saturated heterocycles. The van der Waals surface area contributed by atoms with E-state index in [2.05, 4.69) is 20.6 Å². The third kappa shape index (κ3) is 5.88. The highest BCUT2D eigenvalue weighted by Crippen LogP contribution is 2.32. The van der Waals surface area contributed by atoms with E-state index in [4.69, 9.17) is 14.2 Å². The fourth-order valence-electron chi connectivity index (χ4n) is 3.11. The SMILES string of the molecule is CN=C(NCc1ccnc(OCc2ccccc2)c1)Nc1ccc2c(c1)OCCCO2. The van der Waals surface area contributed by atoms with E-state index in [1.807, 2.05) is 60.7 Å². The molecule has 4 rings (SSSR count). The standard InChI is InChI=1S/C24H26N4O3/c1-25-24(28-20-8-9-21-22(15-20)30-13-5-12-29-21)27-16-19-10-11-26-23(14-19)31-17-18-6-3-2-4-7-18/h2-4,6-11,14-15H,5,12-13,16-17H2,1H3,(H2,25,27,28). The van der Waals surface area contributed by atoms with Crippen molar-refractivity contribution in [1.82, 2.24) is 10.3 Å². The Hall–Kier alpha value is -3.74. The number of hydrogen-bond donors (Lipinski definition) is 2. The van der Waals surface area contributed by atoms with Gasteiger partial charge in [0.25, 0.3) is 0 Å². The minimum absolute atomic E-state index is 0.484. The largest absolute Gasteiger partial charge is 0.490 e. The number of pyridine rings is 1. The zero-order valence-corrected chi connectivity index (χ0v) is 17.5. The van der Waals surface area contributed by atoms with Gasteiger partial charge in [-0.25, -0.2) is 4.98 Å². The third-order valence-electron chi connectivity index (χ3n) is 4.72. The molecule has 2 aromatic carbocycles. The Kier molecular flexibility index (Phi) is 6.85. The lowest BCUT2D eigenvalue weighted by Gasteiger charge is -2.14. The molecular formula is C24H26N4O3. The van der Waals surface area contributed by atoms with Crippen molar-refractivity contribution < 1.29 is 14.2 Å². The molecule has 0 saturated carbocycles. The molecule has 0 aliphatic carbocycles. The number of aromatic nitrogens is 1. The number of guanidine groups is 1. The van der Waals surface area contributed by atoms with Gasteiger partial charge in [0.2, 0.25) is 5.88 Å². The summed E-state index contributed by atoms with van der Waals surface area (Å²) >= 11 is 0. The van der Waals surface area contributed by atoms with Gasteiger partial charge in [-0.15, -0.1) is 0 Å². The molecule has 7 nitrogen and oxygen atoms in total. The lowest BCUT2D eigenvalue weighted by Crippen LogP contribution is -2.30. The Labute approximate surface area is 182 Å². The average molecular weight is 418 g/mol. The van der Waals surface area contributed by atoms with Crippen molar-refractivity contribution in [2.45, 2.75) is 19.6 Å². The van der Waals surface area contributed by atoms with Crippen LogP contribution < -0.4 is 24.8 Å². The molecule has 2 N–H and O–H groups in total. The lowest BCUT2D eigenvalue weighted by atomic mass is 10.2. The van der Waals surface area contributed by atoms with Gasteiger partial charge in [0.15, 0.2) is 17.5 Å². The van der Waals surface area contributed by atoms with Crippen LogP contribution in [0.25, 0.3) is 0 Å². The third-order valence-corrected chi connectivity index (χ3v) is 4.72. The monoisotopic (exact) mass is 418 g/mol. The smallest absolute Gasteiger partial charge is 0.213 e. The van der Waals surface area contributed by atoms with E-state index in [1.165, 1.54) is 0 Å². The number of hydrogen-bond acceptors (Lipinski definition) is 5. The number of aliphatic imine (C=N–C) groups is 1. The van der Waals surface area contributed by atoms with Gasteiger partial charge in [0, 0.05) is 44.0 Å². The summed E-state index contributed by atoms with van der Waals surface area (Å²) in [5.41, 5.74) is 3.02. The summed E-state index contributed by atoms with van der Waals surface area (Å²) in [5, 5.41) is 6.60. The molecule has 0 unspecified atom stereocenters. The first kappa shape index (κ1) is 20.5. The molecular weight excluding hydrogens is 392 g/mol. The molecule has 3 aromatic rings. The predicted octanol–water partition coefficient (Wildman–Crippen LogP) is 4.01. The van der Waals surface area contributed by atoms with Crippen molar-refractivity contribution in [1.29, 1.82) is 0 Å². The fourth-order valence-corrected chi connectivity index (χ4v) is 3.11. The van der Waals surface area contributed by atoms with Crippen LogP contribution in [0.1, 0.15) is 17.5 Å². The molecule has 1 aliphatic rings. The molecule has 31 heavy (non-hydrogen) atoms. The number of ether oxygens (including phenoxy) is 3. The van der Waals surface area contributed by atoms with E-state index in [1.54, 1.807) is 13.2 Å². The number of rotatable bonds is 6. The van der Waals surface area contributed by atoms with Gasteiger partial charge < -0.3 is 24.8 Å². The van der Waals surface area contributed by atoms with Gasteiger partial charge in [-0.05, 0) is 29.3 Å². The topological polar surface area (TPSA) is 77.0 Å². The molecule has 0 fully saturated rings. The molecule has 7 heteroatoms. The van der Waals surface area contributed by atoms with Gasteiger partial charge in [-0.1, -0.05) is 30.3 Å². The maximum atomic E-state index is 5.81. The minimum Gasteiger partial charge on any atom is -0.490 e. The highest BCUT2D eigenvalue weighted by Gasteiger charge is 2.11. The highest BCUT2D eigenvalue weighted by molar-refractivity contribution is 5.93. The Balaban J connectivity index is 1.33.